The molecule has 33 heavy (non-hydrogen) atoms. The molecule has 1 amide bonds. The van der Waals surface area contributed by atoms with Crippen LogP contribution in [0.1, 0.15) is 29.2 Å². The van der Waals surface area contributed by atoms with Crippen LogP contribution in [0.25, 0.3) is 0 Å². The normalized spacial score (nSPS) is 12.1. The molecule has 0 aliphatic carbocycles. The zero-order valence-corrected chi connectivity index (χ0v) is 19.7. The number of methoxy groups -OCH3 is 2. The lowest BCUT2D eigenvalue weighted by Crippen LogP contribution is -2.33. The summed E-state index contributed by atoms with van der Waals surface area (Å²) in [4.78, 5) is 12.8. The summed E-state index contributed by atoms with van der Waals surface area (Å²) >= 11 is 0. The molecule has 0 radical (unpaired) electrons. The fraction of sp³-hybridized carbons (Fsp3) is 0.240. The van der Waals surface area contributed by atoms with Gasteiger partial charge < -0.3 is 14.8 Å². The van der Waals surface area contributed by atoms with Crippen LogP contribution in [0.3, 0.4) is 0 Å². The lowest BCUT2D eigenvalue weighted by molar-refractivity contribution is -0.121. The molecule has 2 N–H and O–H groups in total. The van der Waals surface area contributed by atoms with Gasteiger partial charge in [0, 0.05) is 13.0 Å². The van der Waals surface area contributed by atoms with Crippen LogP contribution in [0.2, 0.25) is 0 Å². The van der Waals surface area contributed by atoms with E-state index < -0.39 is 16.1 Å². The van der Waals surface area contributed by atoms with E-state index in [4.69, 9.17) is 9.47 Å². The molecule has 0 aliphatic rings. The number of hydrogen-bond donors (Lipinski definition) is 2. The maximum absolute atomic E-state index is 13.0. The highest BCUT2D eigenvalue weighted by atomic mass is 32.2. The first-order valence-electron chi connectivity index (χ1n) is 10.4. The van der Waals surface area contributed by atoms with E-state index in [0.717, 1.165) is 11.1 Å². The number of nitrogens with one attached hydrogen (secondary N) is 2. The van der Waals surface area contributed by atoms with Crippen molar-refractivity contribution in [1.29, 1.82) is 0 Å². The van der Waals surface area contributed by atoms with Gasteiger partial charge in [-0.25, -0.2) is 13.1 Å². The first kappa shape index (κ1) is 24.3. The first-order valence-corrected chi connectivity index (χ1v) is 11.9. The predicted octanol–water partition coefficient (Wildman–Crippen LogP) is 3.74. The number of hydrogen-bond acceptors (Lipinski definition) is 5. The van der Waals surface area contributed by atoms with Crippen LogP contribution in [-0.4, -0.2) is 28.5 Å². The second-order valence-corrected chi connectivity index (χ2v) is 9.30. The Morgan fingerprint density at radius 3 is 1.94 bits per heavy atom. The lowest BCUT2D eigenvalue weighted by Gasteiger charge is -2.20. The molecule has 7 nitrogen and oxygen atoms in total. The largest absolute Gasteiger partial charge is 0.497 e. The van der Waals surface area contributed by atoms with Gasteiger partial charge in [-0.1, -0.05) is 42.0 Å². The van der Waals surface area contributed by atoms with Gasteiger partial charge in [0.05, 0.1) is 25.2 Å². The Kier molecular flexibility index (Phi) is 8.08. The van der Waals surface area contributed by atoms with Crippen molar-refractivity contribution in [2.24, 2.45) is 0 Å². The second kappa shape index (κ2) is 11.0. The summed E-state index contributed by atoms with van der Waals surface area (Å²) in [5, 5.41) is 2.87. The molecular weight excluding hydrogens is 440 g/mol. The topological polar surface area (TPSA) is 93.7 Å². The zero-order valence-electron chi connectivity index (χ0n) is 18.9. The Balaban J connectivity index is 1.77. The van der Waals surface area contributed by atoms with Gasteiger partial charge in [0.2, 0.25) is 15.9 Å². The number of amides is 1. The van der Waals surface area contributed by atoms with Crippen molar-refractivity contribution in [2.75, 3.05) is 14.2 Å². The molecule has 0 fully saturated rings. The molecular formula is C25H28N2O5S. The smallest absolute Gasteiger partial charge is 0.241 e. The van der Waals surface area contributed by atoms with Gasteiger partial charge >= 0.3 is 0 Å². The van der Waals surface area contributed by atoms with E-state index in [1.807, 2.05) is 31.2 Å². The molecule has 0 saturated heterocycles. The van der Waals surface area contributed by atoms with Crippen molar-refractivity contribution in [3.8, 4) is 11.5 Å². The molecule has 3 aromatic carbocycles. The number of benzene rings is 3. The van der Waals surface area contributed by atoms with Gasteiger partial charge in [0.1, 0.15) is 11.5 Å². The Morgan fingerprint density at radius 1 is 0.848 bits per heavy atom. The number of rotatable bonds is 10. The van der Waals surface area contributed by atoms with E-state index in [-0.39, 0.29) is 17.2 Å². The number of sulfonamides is 1. The summed E-state index contributed by atoms with van der Waals surface area (Å²) in [6, 6.07) is 20.1. The van der Waals surface area contributed by atoms with Crippen LogP contribution in [0.4, 0.5) is 0 Å². The average molecular weight is 469 g/mol. The standard InChI is InChI=1S/C25H28N2O5S/c1-18-4-6-19(7-5-18)17-26-25(28)16-24(20-8-10-21(31-2)11-9-20)27-33(29,30)23-14-12-22(32-3)13-15-23/h4-15,24,27H,16-17H2,1-3H3,(H,26,28)/t24-/m0/s1. The van der Waals surface area contributed by atoms with E-state index >= 15 is 0 Å². The van der Waals surface area contributed by atoms with E-state index in [2.05, 4.69) is 10.0 Å². The quantitative estimate of drug-likeness (QED) is 0.473. The van der Waals surface area contributed by atoms with Gasteiger partial charge in [-0.3, -0.25) is 4.79 Å². The SMILES string of the molecule is COc1ccc([C@H](CC(=O)NCc2ccc(C)cc2)NS(=O)(=O)c2ccc(OC)cc2)cc1. The van der Waals surface area contributed by atoms with Crippen LogP contribution in [-0.2, 0) is 21.4 Å². The highest BCUT2D eigenvalue weighted by Gasteiger charge is 2.24. The van der Waals surface area contributed by atoms with Gasteiger partial charge in [-0.2, -0.15) is 0 Å². The van der Waals surface area contributed by atoms with Gasteiger partial charge in [0.15, 0.2) is 0 Å². The van der Waals surface area contributed by atoms with Crippen molar-refractivity contribution in [3.63, 3.8) is 0 Å². The molecule has 0 spiro atoms. The summed E-state index contributed by atoms with van der Waals surface area (Å²) in [5.41, 5.74) is 2.75. The highest BCUT2D eigenvalue weighted by molar-refractivity contribution is 7.89. The van der Waals surface area contributed by atoms with Crippen LogP contribution >= 0.6 is 0 Å². The maximum Gasteiger partial charge on any atom is 0.241 e. The predicted molar refractivity (Wildman–Crippen MR) is 127 cm³/mol. The van der Waals surface area contributed by atoms with Crippen molar-refractivity contribution in [1.82, 2.24) is 10.0 Å². The van der Waals surface area contributed by atoms with Gasteiger partial charge in [0.25, 0.3) is 0 Å². The molecule has 0 unspecified atom stereocenters. The molecule has 0 saturated carbocycles. The fourth-order valence-electron chi connectivity index (χ4n) is 3.24. The van der Waals surface area contributed by atoms with E-state index in [0.29, 0.717) is 23.6 Å². The monoisotopic (exact) mass is 468 g/mol. The molecule has 8 heteroatoms. The minimum Gasteiger partial charge on any atom is -0.497 e. The molecule has 3 aromatic rings. The number of carbonyl (C=O) groups excluding carboxylic acids is 1. The lowest BCUT2D eigenvalue weighted by atomic mass is 10.0. The summed E-state index contributed by atoms with van der Waals surface area (Å²) in [7, 11) is -0.819. The third-order valence-corrected chi connectivity index (χ3v) is 6.67. The molecule has 3 rings (SSSR count). The minimum absolute atomic E-state index is 0.0619. The second-order valence-electron chi connectivity index (χ2n) is 7.59. The number of ether oxygens (including phenoxy) is 2. The van der Waals surface area contributed by atoms with Gasteiger partial charge in [-0.05, 0) is 54.4 Å². The molecule has 0 heterocycles. The zero-order chi connectivity index (χ0) is 23.8. The molecule has 0 aromatic heterocycles. The third-order valence-electron chi connectivity index (χ3n) is 5.19. The fourth-order valence-corrected chi connectivity index (χ4v) is 4.46. The summed E-state index contributed by atoms with van der Waals surface area (Å²) in [5.74, 6) is 0.921. The van der Waals surface area contributed by atoms with Crippen LogP contribution in [0, 0.1) is 6.92 Å². The van der Waals surface area contributed by atoms with Crippen molar-refractivity contribution in [2.45, 2.75) is 30.8 Å². The van der Waals surface area contributed by atoms with Crippen LogP contribution in [0.15, 0.2) is 77.7 Å². The summed E-state index contributed by atoms with van der Waals surface area (Å²) in [6.45, 7) is 2.36. The van der Waals surface area contributed by atoms with Crippen LogP contribution in [0.5, 0.6) is 11.5 Å². The highest BCUT2D eigenvalue weighted by Crippen LogP contribution is 2.24. The Hall–Kier alpha value is -3.36. The average Bonchev–Trinajstić information content (AvgIpc) is 2.83. The van der Waals surface area contributed by atoms with E-state index in [1.165, 1.54) is 19.2 Å². The maximum atomic E-state index is 13.0. The Labute approximate surface area is 194 Å². The van der Waals surface area contributed by atoms with Gasteiger partial charge in [-0.15, -0.1) is 0 Å². The number of aryl methyl sites for hydroxylation is 1. The Morgan fingerprint density at radius 2 is 1.39 bits per heavy atom. The van der Waals surface area contributed by atoms with E-state index in [1.54, 1.807) is 43.5 Å². The molecule has 1 atom stereocenters. The van der Waals surface area contributed by atoms with E-state index in [9.17, 15) is 13.2 Å². The van der Waals surface area contributed by atoms with Crippen molar-refractivity contribution < 1.29 is 22.7 Å². The third kappa shape index (κ3) is 6.81. The van der Waals surface area contributed by atoms with Crippen molar-refractivity contribution >= 4 is 15.9 Å². The minimum atomic E-state index is -3.88. The molecule has 0 aliphatic heterocycles. The summed E-state index contributed by atoms with van der Waals surface area (Å²) in [6.07, 6.45) is -0.0619. The Bertz CT molecular complexity index is 1160. The molecule has 174 valence electrons. The van der Waals surface area contributed by atoms with Crippen LogP contribution < -0.4 is 19.5 Å². The number of carbonyl (C=O) groups is 1. The van der Waals surface area contributed by atoms with Crippen molar-refractivity contribution in [3.05, 3.63) is 89.5 Å². The first-order chi connectivity index (χ1) is 15.8. The molecule has 0 bridgehead atoms. The summed E-state index contributed by atoms with van der Waals surface area (Å²) < 4.78 is 39.0.